The minimum absolute atomic E-state index is 0.532. The van der Waals surface area contributed by atoms with E-state index in [0.717, 1.165) is 42.4 Å². The molecule has 0 bridgehead atoms. The second-order valence-corrected chi connectivity index (χ2v) is 10.6. The van der Waals surface area contributed by atoms with E-state index in [2.05, 4.69) is 56.3 Å². The minimum atomic E-state index is 0.532. The fourth-order valence-electron chi connectivity index (χ4n) is 7.58. The molecule has 0 heterocycles. The Morgan fingerprint density at radius 2 is 1.90 bits per heavy atom. The Balaban J connectivity index is 1.39. The number of rotatable bonds is 6. The first kappa shape index (κ1) is 21.1. The van der Waals surface area contributed by atoms with Crippen LogP contribution in [-0.2, 0) is 19.4 Å². The number of ether oxygens (including phenoxy) is 1. The maximum Gasteiger partial charge on any atom is 0.123 e. The zero-order valence-electron chi connectivity index (χ0n) is 19.4. The lowest BCUT2D eigenvalue weighted by Gasteiger charge is -2.51. The van der Waals surface area contributed by atoms with Crippen LogP contribution in [0.5, 0.6) is 5.75 Å². The minimum Gasteiger partial charge on any atom is -0.489 e. The quantitative estimate of drug-likeness (QED) is 0.571. The molecular formula is C29H39NO. The number of nitrogens with two attached hydrogens (primary N) is 1. The molecule has 0 aromatic heterocycles. The lowest BCUT2D eigenvalue weighted by molar-refractivity contribution is 0.0266. The van der Waals surface area contributed by atoms with E-state index in [9.17, 15) is 0 Å². The molecule has 0 saturated heterocycles. The Morgan fingerprint density at radius 3 is 2.68 bits per heavy atom. The fraction of sp³-hybridized carbons (Fsp3) is 0.586. The van der Waals surface area contributed by atoms with Gasteiger partial charge in [-0.2, -0.15) is 0 Å². The van der Waals surface area contributed by atoms with Crippen molar-refractivity contribution in [3.05, 3.63) is 64.7 Å². The Bertz CT molecular complexity index is 906. The van der Waals surface area contributed by atoms with Crippen molar-refractivity contribution < 1.29 is 4.74 Å². The van der Waals surface area contributed by atoms with Crippen LogP contribution in [0.25, 0.3) is 0 Å². The monoisotopic (exact) mass is 417 g/mol. The lowest BCUT2D eigenvalue weighted by atomic mass is 9.54. The number of benzene rings is 2. The SMILES string of the molecule is CCc1cc2c(cc1OCc1ccccc1)CC[C@@H]1[C@@H]2CC[C@]2(C)[C@@H](CCN)CC[C@@H]12. The van der Waals surface area contributed by atoms with E-state index in [4.69, 9.17) is 10.5 Å². The van der Waals surface area contributed by atoms with E-state index in [-0.39, 0.29) is 0 Å². The predicted molar refractivity (Wildman–Crippen MR) is 128 cm³/mol. The van der Waals surface area contributed by atoms with Gasteiger partial charge >= 0.3 is 0 Å². The molecule has 0 unspecified atom stereocenters. The van der Waals surface area contributed by atoms with Gasteiger partial charge in [-0.1, -0.05) is 50.2 Å². The summed E-state index contributed by atoms with van der Waals surface area (Å²) in [4.78, 5) is 0. The molecule has 0 aliphatic heterocycles. The van der Waals surface area contributed by atoms with E-state index in [1.807, 2.05) is 0 Å². The van der Waals surface area contributed by atoms with Crippen LogP contribution < -0.4 is 10.5 Å². The summed E-state index contributed by atoms with van der Waals surface area (Å²) in [6, 6.07) is 15.5. The van der Waals surface area contributed by atoms with Gasteiger partial charge in [0.05, 0.1) is 0 Å². The summed E-state index contributed by atoms with van der Waals surface area (Å²) in [5, 5.41) is 0. The second-order valence-electron chi connectivity index (χ2n) is 10.6. The standard InChI is InChI=1S/C29H39NO/c1-3-21-17-26-22(18-28(21)31-19-20-7-5-4-6-8-20)9-11-25-24(26)13-15-29(2)23(14-16-30)10-12-27(25)29/h4-8,17-18,23-25,27H,3,9-16,19,30H2,1-2H3/t23-,24+,25-,27+,29-/m1/s1. The summed E-state index contributed by atoms with van der Waals surface area (Å²) >= 11 is 0. The van der Waals surface area contributed by atoms with Crippen LogP contribution in [-0.4, -0.2) is 6.54 Å². The van der Waals surface area contributed by atoms with Crippen LogP contribution in [0.2, 0.25) is 0 Å². The van der Waals surface area contributed by atoms with Gasteiger partial charge in [0.2, 0.25) is 0 Å². The van der Waals surface area contributed by atoms with Crippen molar-refractivity contribution in [3.8, 4) is 5.75 Å². The van der Waals surface area contributed by atoms with Crippen LogP contribution in [0.15, 0.2) is 42.5 Å². The van der Waals surface area contributed by atoms with Gasteiger partial charge in [0, 0.05) is 0 Å². The first-order chi connectivity index (χ1) is 15.1. The van der Waals surface area contributed by atoms with E-state index < -0.39 is 0 Å². The average Bonchev–Trinajstić information content (AvgIpc) is 3.14. The molecule has 2 fully saturated rings. The van der Waals surface area contributed by atoms with Gasteiger partial charge in [-0.25, -0.2) is 0 Å². The summed E-state index contributed by atoms with van der Waals surface area (Å²) in [5.41, 5.74) is 12.3. The van der Waals surface area contributed by atoms with Gasteiger partial charge in [-0.15, -0.1) is 0 Å². The molecule has 0 radical (unpaired) electrons. The van der Waals surface area contributed by atoms with Crippen LogP contribution in [0, 0.1) is 23.2 Å². The Morgan fingerprint density at radius 1 is 1.06 bits per heavy atom. The van der Waals surface area contributed by atoms with Crippen LogP contribution in [0.4, 0.5) is 0 Å². The summed E-state index contributed by atoms with van der Waals surface area (Å²) in [7, 11) is 0. The Labute approximate surface area is 188 Å². The molecule has 3 aliphatic rings. The molecule has 0 spiro atoms. The molecule has 5 atom stereocenters. The molecule has 2 N–H and O–H groups in total. The highest BCUT2D eigenvalue weighted by Crippen LogP contribution is 2.63. The number of fused-ring (bicyclic) bond motifs is 5. The molecule has 0 amide bonds. The van der Waals surface area contributed by atoms with Crippen molar-refractivity contribution in [1.82, 2.24) is 0 Å². The van der Waals surface area contributed by atoms with E-state index >= 15 is 0 Å². The first-order valence-electron chi connectivity index (χ1n) is 12.7. The van der Waals surface area contributed by atoms with Gasteiger partial charge in [-0.05, 0) is 115 Å². The number of hydrogen-bond donors (Lipinski definition) is 1. The van der Waals surface area contributed by atoms with Gasteiger partial charge in [-0.3, -0.25) is 0 Å². The van der Waals surface area contributed by atoms with Crippen molar-refractivity contribution in [3.63, 3.8) is 0 Å². The second kappa shape index (κ2) is 8.62. The lowest BCUT2D eigenvalue weighted by Crippen LogP contribution is -2.42. The fourth-order valence-corrected chi connectivity index (χ4v) is 7.58. The first-order valence-corrected chi connectivity index (χ1v) is 12.7. The molecule has 3 aliphatic carbocycles. The van der Waals surface area contributed by atoms with E-state index in [0.29, 0.717) is 12.0 Å². The third-order valence-corrected chi connectivity index (χ3v) is 9.24. The maximum atomic E-state index is 6.33. The third-order valence-electron chi connectivity index (χ3n) is 9.24. The largest absolute Gasteiger partial charge is 0.489 e. The van der Waals surface area contributed by atoms with E-state index in [1.54, 1.807) is 11.1 Å². The van der Waals surface area contributed by atoms with Crippen molar-refractivity contribution >= 4 is 0 Å². The van der Waals surface area contributed by atoms with Crippen molar-refractivity contribution in [2.75, 3.05) is 6.54 Å². The highest BCUT2D eigenvalue weighted by molar-refractivity contribution is 5.46. The maximum absolute atomic E-state index is 6.33. The van der Waals surface area contributed by atoms with Crippen LogP contribution in [0.1, 0.15) is 80.5 Å². The molecule has 31 heavy (non-hydrogen) atoms. The summed E-state index contributed by atoms with van der Waals surface area (Å²) in [5.74, 6) is 4.48. The van der Waals surface area contributed by atoms with Gasteiger partial charge in [0.1, 0.15) is 12.4 Å². The average molecular weight is 418 g/mol. The molecule has 2 nitrogen and oxygen atoms in total. The van der Waals surface area contributed by atoms with E-state index in [1.165, 1.54) is 56.1 Å². The van der Waals surface area contributed by atoms with Crippen LogP contribution >= 0.6 is 0 Å². The Hall–Kier alpha value is -1.80. The van der Waals surface area contributed by atoms with Gasteiger partial charge < -0.3 is 10.5 Å². The number of hydrogen-bond acceptors (Lipinski definition) is 2. The highest BCUT2D eigenvalue weighted by Gasteiger charge is 2.54. The molecule has 2 aromatic carbocycles. The van der Waals surface area contributed by atoms with Crippen molar-refractivity contribution in [2.24, 2.45) is 28.9 Å². The normalized spacial score (nSPS) is 31.6. The zero-order valence-corrected chi connectivity index (χ0v) is 19.4. The number of aryl methyl sites for hydroxylation is 2. The molecule has 2 saturated carbocycles. The summed E-state index contributed by atoms with van der Waals surface area (Å²) in [6.45, 7) is 6.38. The summed E-state index contributed by atoms with van der Waals surface area (Å²) in [6.07, 6.45) is 10.4. The molecule has 2 aromatic rings. The molecule has 5 rings (SSSR count). The van der Waals surface area contributed by atoms with Gasteiger partial charge in [0.25, 0.3) is 0 Å². The van der Waals surface area contributed by atoms with Gasteiger partial charge in [0.15, 0.2) is 0 Å². The molecule has 2 heteroatoms. The smallest absolute Gasteiger partial charge is 0.123 e. The topological polar surface area (TPSA) is 35.2 Å². The highest BCUT2D eigenvalue weighted by atomic mass is 16.5. The van der Waals surface area contributed by atoms with Crippen LogP contribution in [0.3, 0.4) is 0 Å². The van der Waals surface area contributed by atoms with Crippen molar-refractivity contribution in [2.45, 2.75) is 77.7 Å². The summed E-state index contributed by atoms with van der Waals surface area (Å²) < 4.78 is 6.33. The molecular weight excluding hydrogens is 378 g/mol. The predicted octanol–water partition coefficient (Wildman–Crippen LogP) is 6.65. The molecule has 166 valence electrons. The Kier molecular flexibility index (Phi) is 5.86. The zero-order chi connectivity index (χ0) is 21.4. The van der Waals surface area contributed by atoms with Crippen molar-refractivity contribution in [1.29, 1.82) is 0 Å². The third kappa shape index (κ3) is 3.71.